The lowest BCUT2D eigenvalue weighted by Gasteiger charge is -2.08. The Morgan fingerprint density at radius 1 is 0.889 bits per heavy atom. The Kier molecular flexibility index (Phi) is 3.73. The number of hydrogen-bond donors (Lipinski definition) is 1. The number of hydrogen-bond acceptors (Lipinski definition) is 5. The fraction of sp³-hybridized carbons (Fsp3) is 0. The fourth-order valence-electron chi connectivity index (χ4n) is 2.98. The summed E-state index contributed by atoms with van der Waals surface area (Å²) in [6.07, 6.45) is 3.37. The molecule has 0 spiro atoms. The first kappa shape index (κ1) is 15.8. The first-order chi connectivity index (χ1) is 13.3. The van der Waals surface area contributed by atoms with Gasteiger partial charge in [-0.05, 0) is 29.7 Å². The molecule has 5 aromatic rings. The van der Waals surface area contributed by atoms with E-state index in [4.69, 9.17) is 16.0 Å². The van der Waals surface area contributed by atoms with E-state index in [2.05, 4.69) is 38.5 Å². The summed E-state index contributed by atoms with van der Waals surface area (Å²) < 4.78 is 5.75. The summed E-state index contributed by atoms with van der Waals surface area (Å²) in [7, 11) is 0. The lowest BCUT2D eigenvalue weighted by Crippen LogP contribution is -1.97. The molecule has 5 nitrogen and oxygen atoms in total. The second kappa shape index (κ2) is 6.37. The number of rotatable bonds is 3. The summed E-state index contributed by atoms with van der Waals surface area (Å²) in [5, 5.41) is 6.16. The second-order valence-electron chi connectivity index (χ2n) is 6.08. The summed E-state index contributed by atoms with van der Waals surface area (Å²) in [6.45, 7) is 0. The quantitative estimate of drug-likeness (QED) is 0.431. The highest BCUT2D eigenvalue weighted by Crippen LogP contribution is 2.27. The van der Waals surface area contributed by atoms with Crippen LogP contribution in [0.15, 0.2) is 77.5 Å². The SMILES string of the molecule is Clc1ccc2oc(-c3cnc(Nc4cccc5ccccc45)nc3)nc2c1. The van der Waals surface area contributed by atoms with Crippen LogP contribution in [0, 0.1) is 0 Å². The Morgan fingerprint density at radius 2 is 1.70 bits per heavy atom. The molecule has 27 heavy (non-hydrogen) atoms. The van der Waals surface area contributed by atoms with E-state index in [1.165, 1.54) is 0 Å². The molecule has 2 aromatic heterocycles. The highest BCUT2D eigenvalue weighted by Gasteiger charge is 2.10. The first-order valence-corrected chi connectivity index (χ1v) is 8.77. The van der Waals surface area contributed by atoms with Crippen LogP contribution in [0.5, 0.6) is 0 Å². The molecule has 0 atom stereocenters. The van der Waals surface area contributed by atoms with Crippen molar-refractivity contribution in [1.82, 2.24) is 15.0 Å². The second-order valence-corrected chi connectivity index (χ2v) is 6.51. The zero-order valence-corrected chi connectivity index (χ0v) is 14.8. The van der Waals surface area contributed by atoms with Crippen LogP contribution in [-0.4, -0.2) is 15.0 Å². The van der Waals surface area contributed by atoms with Gasteiger partial charge >= 0.3 is 0 Å². The van der Waals surface area contributed by atoms with E-state index in [1.54, 1.807) is 30.6 Å². The van der Waals surface area contributed by atoms with Crippen molar-refractivity contribution in [2.45, 2.75) is 0 Å². The Labute approximate surface area is 159 Å². The van der Waals surface area contributed by atoms with Gasteiger partial charge in [-0.3, -0.25) is 0 Å². The molecule has 0 aliphatic heterocycles. The maximum atomic E-state index is 6.00. The number of aromatic nitrogens is 3. The fourth-order valence-corrected chi connectivity index (χ4v) is 3.15. The standard InChI is InChI=1S/C21H13ClN4O/c22-15-8-9-19-18(10-15)25-20(27-19)14-11-23-21(24-12-14)26-17-7-3-5-13-4-1-2-6-16(13)17/h1-12H,(H,23,24,26). The Morgan fingerprint density at radius 3 is 2.59 bits per heavy atom. The van der Waals surface area contributed by atoms with Crippen molar-refractivity contribution in [2.24, 2.45) is 0 Å². The molecule has 0 aliphatic carbocycles. The smallest absolute Gasteiger partial charge is 0.230 e. The predicted molar refractivity (Wildman–Crippen MR) is 107 cm³/mol. The molecule has 0 amide bonds. The molecule has 0 radical (unpaired) electrons. The van der Waals surface area contributed by atoms with Gasteiger partial charge < -0.3 is 9.73 Å². The molecule has 130 valence electrons. The van der Waals surface area contributed by atoms with Gasteiger partial charge in [0, 0.05) is 28.5 Å². The summed E-state index contributed by atoms with van der Waals surface area (Å²) in [6, 6.07) is 19.6. The van der Waals surface area contributed by atoms with Crippen molar-refractivity contribution in [3.8, 4) is 11.5 Å². The molecule has 0 fully saturated rings. The lowest BCUT2D eigenvalue weighted by atomic mass is 10.1. The number of halogens is 1. The average molecular weight is 373 g/mol. The molecule has 1 N–H and O–H groups in total. The van der Waals surface area contributed by atoms with Gasteiger partial charge in [-0.1, -0.05) is 48.0 Å². The summed E-state index contributed by atoms with van der Waals surface area (Å²) in [4.78, 5) is 13.2. The van der Waals surface area contributed by atoms with Crippen LogP contribution in [0.4, 0.5) is 11.6 Å². The van der Waals surface area contributed by atoms with Crippen molar-refractivity contribution < 1.29 is 4.42 Å². The van der Waals surface area contributed by atoms with E-state index in [-0.39, 0.29) is 0 Å². The van der Waals surface area contributed by atoms with Crippen molar-refractivity contribution in [3.05, 3.63) is 78.1 Å². The molecular weight excluding hydrogens is 360 g/mol. The minimum atomic E-state index is 0.462. The largest absolute Gasteiger partial charge is 0.436 e. The zero-order valence-electron chi connectivity index (χ0n) is 14.1. The van der Waals surface area contributed by atoms with Gasteiger partial charge in [-0.2, -0.15) is 0 Å². The monoisotopic (exact) mass is 372 g/mol. The minimum absolute atomic E-state index is 0.462. The highest BCUT2D eigenvalue weighted by molar-refractivity contribution is 6.31. The molecular formula is C21H13ClN4O. The molecule has 5 rings (SSSR count). The van der Waals surface area contributed by atoms with E-state index in [0.717, 1.165) is 16.5 Å². The molecule has 0 bridgehead atoms. The van der Waals surface area contributed by atoms with Crippen LogP contribution in [0.2, 0.25) is 5.02 Å². The summed E-state index contributed by atoms with van der Waals surface area (Å²) >= 11 is 6.00. The van der Waals surface area contributed by atoms with Crippen LogP contribution in [0.3, 0.4) is 0 Å². The number of fused-ring (bicyclic) bond motifs is 2. The third kappa shape index (κ3) is 2.98. The van der Waals surface area contributed by atoms with Crippen LogP contribution in [0.1, 0.15) is 0 Å². The Hall–Kier alpha value is -3.44. The van der Waals surface area contributed by atoms with Crippen LogP contribution in [-0.2, 0) is 0 Å². The summed E-state index contributed by atoms with van der Waals surface area (Å²) in [5.41, 5.74) is 3.03. The third-order valence-electron chi connectivity index (χ3n) is 4.28. The van der Waals surface area contributed by atoms with E-state index in [1.807, 2.05) is 24.3 Å². The lowest BCUT2D eigenvalue weighted by molar-refractivity contribution is 0.619. The molecule has 3 aromatic carbocycles. The van der Waals surface area contributed by atoms with E-state index in [9.17, 15) is 0 Å². The first-order valence-electron chi connectivity index (χ1n) is 8.39. The van der Waals surface area contributed by atoms with Gasteiger partial charge in [0.15, 0.2) is 5.58 Å². The third-order valence-corrected chi connectivity index (χ3v) is 4.52. The van der Waals surface area contributed by atoms with Gasteiger partial charge in [-0.25, -0.2) is 15.0 Å². The topological polar surface area (TPSA) is 63.8 Å². The molecule has 0 saturated heterocycles. The summed E-state index contributed by atoms with van der Waals surface area (Å²) in [5.74, 6) is 0.971. The number of oxazole rings is 1. The number of anilines is 2. The van der Waals surface area contributed by atoms with Crippen molar-refractivity contribution in [1.29, 1.82) is 0 Å². The maximum absolute atomic E-state index is 6.00. The van der Waals surface area contributed by atoms with Crippen LogP contribution >= 0.6 is 11.6 Å². The van der Waals surface area contributed by atoms with Gasteiger partial charge in [0.25, 0.3) is 0 Å². The molecule has 2 heterocycles. The van der Waals surface area contributed by atoms with Gasteiger partial charge in [0.05, 0.1) is 5.56 Å². The number of nitrogens with one attached hydrogen (secondary N) is 1. The maximum Gasteiger partial charge on any atom is 0.230 e. The van der Waals surface area contributed by atoms with Crippen molar-refractivity contribution >= 4 is 45.1 Å². The predicted octanol–water partition coefficient (Wildman–Crippen LogP) is 5.84. The van der Waals surface area contributed by atoms with E-state index >= 15 is 0 Å². The van der Waals surface area contributed by atoms with Crippen LogP contribution in [0.25, 0.3) is 33.3 Å². The van der Waals surface area contributed by atoms with E-state index in [0.29, 0.717) is 33.5 Å². The normalized spacial score (nSPS) is 11.1. The number of nitrogens with zero attached hydrogens (tertiary/aromatic N) is 3. The molecule has 6 heteroatoms. The Balaban J connectivity index is 1.45. The van der Waals surface area contributed by atoms with Gasteiger partial charge in [0.1, 0.15) is 5.52 Å². The van der Waals surface area contributed by atoms with Crippen molar-refractivity contribution in [2.75, 3.05) is 5.32 Å². The molecule has 0 aliphatic rings. The highest BCUT2D eigenvalue weighted by atomic mass is 35.5. The average Bonchev–Trinajstić information content (AvgIpc) is 3.12. The van der Waals surface area contributed by atoms with Gasteiger partial charge in [0.2, 0.25) is 11.8 Å². The van der Waals surface area contributed by atoms with E-state index < -0.39 is 0 Å². The van der Waals surface area contributed by atoms with Crippen molar-refractivity contribution in [3.63, 3.8) is 0 Å². The number of benzene rings is 3. The Bertz CT molecular complexity index is 1260. The molecule has 0 unspecified atom stereocenters. The zero-order chi connectivity index (χ0) is 18.2. The minimum Gasteiger partial charge on any atom is -0.436 e. The van der Waals surface area contributed by atoms with Gasteiger partial charge in [-0.15, -0.1) is 0 Å². The van der Waals surface area contributed by atoms with Crippen LogP contribution < -0.4 is 5.32 Å². The molecule has 0 saturated carbocycles.